The SMILES string of the molecule is Cn1c(=O)n(CCCCCl)c(=O)n(CCCCCl)c1=O. The molecule has 0 saturated carbocycles. The smallest absolute Gasteiger partial charge is 0.248 e. The molecular weight excluding hydrogens is 305 g/mol. The van der Waals surface area contributed by atoms with Crippen molar-refractivity contribution in [2.75, 3.05) is 11.8 Å². The molecule has 1 aromatic heterocycles. The van der Waals surface area contributed by atoms with E-state index in [0.29, 0.717) is 37.4 Å². The molecule has 0 aliphatic rings. The lowest BCUT2D eigenvalue weighted by Gasteiger charge is -2.11. The summed E-state index contributed by atoms with van der Waals surface area (Å²) in [5.41, 5.74) is -1.71. The van der Waals surface area contributed by atoms with Gasteiger partial charge >= 0.3 is 17.1 Å². The topological polar surface area (TPSA) is 66.0 Å². The number of nitrogens with zero attached hydrogens (tertiary/aromatic N) is 3. The predicted octanol–water partition coefficient (Wildman–Crippen LogP) is 0.747. The van der Waals surface area contributed by atoms with E-state index in [-0.39, 0.29) is 13.1 Å². The van der Waals surface area contributed by atoms with E-state index < -0.39 is 17.1 Å². The van der Waals surface area contributed by atoms with Crippen molar-refractivity contribution in [3.05, 3.63) is 31.5 Å². The number of rotatable bonds is 8. The molecule has 20 heavy (non-hydrogen) atoms. The third-order valence-electron chi connectivity index (χ3n) is 3.03. The number of aromatic nitrogens is 3. The summed E-state index contributed by atoms with van der Waals surface area (Å²) in [6.07, 6.45) is 2.67. The molecule has 0 fully saturated rings. The Bertz CT molecular complexity index is 555. The third kappa shape index (κ3) is 3.99. The van der Waals surface area contributed by atoms with Crippen LogP contribution in [0.25, 0.3) is 0 Å². The molecule has 0 aromatic carbocycles. The average molecular weight is 324 g/mol. The molecule has 8 heteroatoms. The minimum absolute atomic E-state index is 0.272. The van der Waals surface area contributed by atoms with Crippen LogP contribution in [0, 0.1) is 0 Å². The molecule has 1 aromatic rings. The van der Waals surface area contributed by atoms with Gasteiger partial charge in [-0.15, -0.1) is 23.2 Å². The van der Waals surface area contributed by atoms with Crippen LogP contribution < -0.4 is 17.1 Å². The van der Waals surface area contributed by atoms with Crippen LogP contribution in [0.4, 0.5) is 0 Å². The Hall–Kier alpha value is -1.01. The van der Waals surface area contributed by atoms with Gasteiger partial charge in [-0.1, -0.05) is 0 Å². The summed E-state index contributed by atoms with van der Waals surface area (Å²) in [5, 5.41) is 0. The molecule has 0 radical (unpaired) electrons. The van der Waals surface area contributed by atoms with E-state index in [1.54, 1.807) is 0 Å². The van der Waals surface area contributed by atoms with Gasteiger partial charge in [0.25, 0.3) is 0 Å². The highest BCUT2D eigenvalue weighted by Crippen LogP contribution is 1.94. The predicted molar refractivity (Wildman–Crippen MR) is 80.1 cm³/mol. The lowest BCUT2D eigenvalue weighted by molar-refractivity contribution is 0.452. The van der Waals surface area contributed by atoms with E-state index in [1.165, 1.54) is 7.05 Å². The molecule has 1 heterocycles. The zero-order chi connectivity index (χ0) is 15.1. The second kappa shape index (κ2) is 8.32. The summed E-state index contributed by atoms with van der Waals surface area (Å²) in [7, 11) is 1.38. The Balaban J connectivity index is 3.14. The molecule has 0 unspecified atom stereocenters. The van der Waals surface area contributed by atoms with Crippen LogP contribution in [0.1, 0.15) is 25.7 Å². The first kappa shape index (κ1) is 17.0. The van der Waals surface area contributed by atoms with Crippen LogP contribution in [0.15, 0.2) is 14.4 Å². The molecule has 1 rings (SSSR count). The Morgan fingerprint density at radius 1 is 0.750 bits per heavy atom. The van der Waals surface area contributed by atoms with Crippen LogP contribution in [-0.4, -0.2) is 25.5 Å². The molecule has 0 saturated heterocycles. The lowest BCUT2D eigenvalue weighted by atomic mass is 10.3. The Morgan fingerprint density at radius 2 is 1.15 bits per heavy atom. The first-order chi connectivity index (χ1) is 9.54. The number of alkyl halides is 2. The van der Waals surface area contributed by atoms with E-state index in [2.05, 4.69) is 0 Å². The first-order valence-corrected chi connectivity index (χ1v) is 7.64. The zero-order valence-corrected chi connectivity index (χ0v) is 13.0. The number of hydrogen-bond donors (Lipinski definition) is 0. The summed E-state index contributed by atoms with van der Waals surface area (Å²) in [6.45, 7) is 0.544. The minimum atomic E-state index is -0.580. The van der Waals surface area contributed by atoms with Gasteiger partial charge in [0.15, 0.2) is 0 Å². The van der Waals surface area contributed by atoms with Gasteiger partial charge in [0, 0.05) is 31.9 Å². The van der Waals surface area contributed by atoms with Crippen LogP contribution in [0.5, 0.6) is 0 Å². The molecule has 0 aliphatic heterocycles. The van der Waals surface area contributed by atoms with Crippen molar-refractivity contribution in [2.24, 2.45) is 7.05 Å². The van der Waals surface area contributed by atoms with E-state index >= 15 is 0 Å². The van der Waals surface area contributed by atoms with E-state index in [9.17, 15) is 14.4 Å². The lowest BCUT2D eigenvalue weighted by Crippen LogP contribution is -2.53. The summed E-state index contributed by atoms with van der Waals surface area (Å²) in [4.78, 5) is 36.1. The fourth-order valence-corrected chi connectivity index (χ4v) is 2.24. The van der Waals surface area contributed by atoms with Gasteiger partial charge in [0.2, 0.25) is 0 Å². The highest BCUT2D eigenvalue weighted by molar-refractivity contribution is 6.18. The highest BCUT2D eigenvalue weighted by atomic mass is 35.5. The van der Waals surface area contributed by atoms with E-state index in [4.69, 9.17) is 23.2 Å². The molecule has 0 bridgehead atoms. The molecule has 0 amide bonds. The van der Waals surface area contributed by atoms with Crippen molar-refractivity contribution >= 4 is 23.2 Å². The summed E-state index contributed by atoms with van der Waals surface area (Å²) < 4.78 is 3.14. The van der Waals surface area contributed by atoms with Gasteiger partial charge in [-0.2, -0.15) is 0 Å². The third-order valence-corrected chi connectivity index (χ3v) is 3.56. The molecule has 114 valence electrons. The highest BCUT2D eigenvalue weighted by Gasteiger charge is 2.12. The molecule has 0 aliphatic carbocycles. The van der Waals surface area contributed by atoms with Crippen molar-refractivity contribution < 1.29 is 0 Å². The van der Waals surface area contributed by atoms with Crippen molar-refractivity contribution in [3.8, 4) is 0 Å². The Kier molecular flexibility index (Phi) is 7.09. The van der Waals surface area contributed by atoms with Crippen LogP contribution >= 0.6 is 23.2 Å². The second-order valence-corrected chi connectivity index (χ2v) is 5.26. The summed E-state index contributed by atoms with van der Waals surface area (Å²) in [5.74, 6) is 0.953. The molecule has 6 nitrogen and oxygen atoms in total. The maximum absolute atomic E-state index is 12.2. The van der Waals surface area contributed by atoms with Gasteiger partial charge in [-0.3, -0.25) is 0 Å². The number of hydrogen-bond acceptors (Lipinski definition) is 3. The molecular formula is C12H19Cl2N3O3. The number of unbranched alkanes of at least 4 members (excludes halogenated alkanes) is 2. The normalized spacial score (nSPS) is 10.9. The van der Waals surface area contributed by atoms with E-state index in [1.807, 2.05) is 0 Å². The van der Waals surface area contributed by atoms with Gasteiger partial charge in [-0.05, 0) is 25.7 Å². The minimum Gasteiger partial charge on any atom is -0.248 e. The standard InChI is InChI=1S/C12H19Cl2N3O3/c1-15-10(18)16(8-4-2-6-13)12(20)17(11(15)19)9-5-3-7-14/h2-9H2,1H3. The molecule has 0 atom stereocenters. The summed E-state index contributed by atoms with van der Waals surface area (Å²) in [6, 6.07) is 0. The van der Waals surface area contributed by atoms with Crippen LogP contribution in [0.2, 0.25) is 0 Å². The maximum Gasteiger partial charge on any atom is 0.336 e. The Morgan fingerprint density at radius 3 is 1.50 bits per heavy atom. The fourth-order valence-electron chi connectivity index (χ4n) is 1.86. The molecule has 0 N–H and O–H groups in total. The van der Waals surface area contributed by atoms with Crippen molar-refractivity contribution in [3.63, 3.8) is 0 Å². The van der Waals surface area contributed by atoms with E-state index in [0.717, 1.165) is 13.7 Å². The van der Waals surface area contributed by atoms with Gasteiger partial charge in [0.05, 0.1) is 0 Å². The Labute approximate surface area is 126 Å². The largest absolute Gasteiger partial charge is 0.336 e. The first-order valence-electron chi connectivity index (χ1n) is 6.57. The quantitative estimate of drug-likeness (QED) is 0.523. The average Bonchev–Trinajstić information content (AvgIpc) is 2.44. The summed E-state index contributed by atoms with van der Waals surface area (Å²) >= 11 is 11.2. The second-order valence-electron chi connectivity index (χ2n) is 4.50. The van der Waals surface area contributed by atoms with Crippen molar-refractivity contribution in [2.45, 2.75) is 38.8 Å². The van der Waals surface area contributed by atoms with Crippen LogP contribution in [0.3, 0.4) is 0 Å². The zero-order valence-electron chi connectivity index (χ0n) is 11.5. The van der Waals surface area contributed by atoms with Gasteiger partial charge < -0.3 is 0 Å². The fraction of sp³-hybridized carbons (Fsp3) is 0.750. The maximum atomic E-state index is 12.2. The molecule has 0 spiro atoms. The van der Waals surface area contributed by atoms with Gasteiger partial charge in [0.1, 0.15) is 0 Å². The van der Waals surface area contributed by atoms with Crippen molar-refractivity contribution in [1.29, 1.82) is 0 Å². The number of halogens is 2. The van der Waals surface area contributed by atoms with Gasteiger partial charge in [-0.25, -0.2) is 28.1 Å². The van der Waals surface area contributed by atoms with Crippen molar-refractivity contribution in [1.82, 2.24) is 13.7 Å². The monoisotopic (exact) mass is 323 g/mol. The van der Waals surface area contributed by atoms with Crippen LogP contribution in [-0.2, 0) is 20.1 Å².